The molecule has 1 aliphatic rings. The van der Waals surface area contributed by atoms with Gasteiger partial charge in [0.2, 0.25) is 0 Å². The van der Waals surface area contributed by atoms with Crippen LogP contribution in [0.1, 0.15) is 33.2 Å². The summed E-state index contributed by atoms with van der Waals surface area (Å²) in [5.41, 5.74) is 3.48. The molecule has 4 rings (SSSR count). The molecule has 0 bridgehead atoms. The summed E-state index contributed by atoms with van der Waals surface area (Å²) in [6, 6.07) is 18.9. The van der Waals surface area contributed by atoms with Gasteiger partial charge in [0.05, 0.1) is 15.5 Å². The van der Waals surface area contributed by atoms with Crippen LogP contribution in [0.3, 0.4) is 0 Å². The van der Waals surface area contributed by atoms with Crippen molar-refractivity contribution in [2.24, 2.45) is 0 Å². The van der Waals surface area contributed by atoms with E-state index < -0.39 is 10.8 Å². The summed E-state index contributed by atoms with van der Waals surface area (Å²) in [7, 11) is 0. The Morgan fingerprint density at radius 1 is 0.971 bits per heavy atom. The molecule has 1 aliphatic heterocycles. The quantitative estimate of drug-likeness (QED) is 0.385. The molecule has 180 valence electrons. The number of non-ortho nitro benzene ring substituents is 1. The molecule has 2 amide bonds. The van der Waals surface area contributed by atoms with Gasteiger partial charge in [0.15, 0.2) is 0 Å². The van der Waals surface area contributed by atoms with Crippen molar-refractivity contribution in [1.82, 2.24) is 4.90 Å². The highest BCUT2D eigenvalue weighted by Gasteiger charge is 2.22. The molecule has 1 saturated heterocycles. The van der Waals surface area contributed by atoms with E-state index in [4.69, 9.17) is 11.6 Å². The fourth-order valence-electron chi connectivity index (χ4n) is 3.99. The number of nitrogens with zero attached hydrogens (tertiary/aromatic N) is 3. The van der Waals surface area contributed by atoms with Crippen molar-refractivity contribution in [3.8, 4) is 0 Å². The Hall–Kier alpha value is -3.91. The zero-order valence-electron chi connectivity index (χ0n) is 19.2. The van der Waals surface area contributed by atoms with E-state index >= 15 is 0 Å². The highest BCUT2D eigenvalue weighted by molar-refractivity contribution is 6.34. The lowest BCUT2D eigenvalue weighted by Gasteiger charge is -2.36. The SMILES string of the molecule is CCc1ccc(C(=O)N2CCN(c3ccc(NC(=O)c4ccc([N+](=O)[O-])cc4Cl)cc3)CC2)cc1. The number of carbonyl (C=O) groups is 2. The molecule has 0 saturated carbocycles. The molecule has 0 unspecified atom stereocenters. The zero-order chi connectivity index (χ0) is 24.9. The third kappa shape index (κ3) is 5.60. The fraction of sp³-hybridized carbons (Fsp3) is 0.231. The Balaban J connectivity index is 1.33. The number of hydrogen-bond donors (Lipinski definition) is 1. The molecular weight excluding hydrogens is 468 g/mol. The molecule has 1 heterocycles. The Labute approximate surface area is 208 Å². The van der Waals surface area contributed by atoms with Crippen molar-refractivity contribution >= 4 is 40.5 Å². The summed E-state index contributed by atoms with van der Waals surface area (Å²) in [5, 5.41) is 13.6. The van der Waals surface area contributed by atoms with Crippen LogP contribution in [-0.2, 0) is 6.42 Å². The van der Waals surface area contributed by atoms with E-state index in [0.717, 1.165) is 18.2 Å². The van der Waals surface area contributed by atoms with Crippen molar-refractivity contribution in [3.63, 3.8) is 0 Å². The van der Waals surface area contributed by atoms with Crippen molar-refractivity contribution < 1.29 is 14.5 Å². The first-order valence-electron chi connectivity index (χ1n) is 11.3. The summed E-state index contributed by atoms with van der Waals surface area (Å²) in [4.78, 5) is 39.7. The van der Waals surface area contributed by atoms with Crippen molar-refractivity contribution in [2.45, 2.75) is 13.3 Å². The van der Waals surface area contributed by atoms with Gasteiger partial charge < -0.3 is 15.1 Å². The van der Waals surface area contributed by atoms with Gasteiger partial charge in [-0.3, -0.25) is 19.7 Å². The topological polar surface area (TPSA) is 95.8 Å². The second-order valence-corrected chi connectivity index (χ2v) is 8.66. The van der Waals surface area contributed by atoms with Gasteiger partial charge in [-0.25, -0.2) is 0 Å². The molecular formula is C26H25ClN4O4. The van der Waals surface area contributed by atoms with E-state index in [-0.39, 0.29) is 22.2 Å². The predicted molar refractivity (Wildman–Crippen MR) is 136 cm³/mol. The number of nitrogens with one attached hydrogen (secondary N) is 1. The van der Waals surface area contributed by atoms with Crippen LogP contribution in [0.15, 0.2) is 66.7 Å². The number of rotatable bonds is 6. The summed E-state index contributed by atoms with van der Waals surface area (Å²) >= 11 is 6.05. The Kier molecular flexibility index (Phi) is 7.31. The Morgan fingerprint density at radius 2 is 1.63 bits per heavy atom. The first-order valence-corrected chi connectivity index (χ1v) is 11.7. The van der Waals surface area contributed by atoms with E-state index in [1.807, 2.05) is 41.3 Å². The van der Waals surface area contributed by atoms with Crippen molar-refractivity contribution in [2.75, 3.05) is 36.4 Å². The molecule has 0 atom stereocenters. The monoisotopic (exact) mass is 492 g/mol. The summed E-state index contributed by atoms with van der Waals surface area (Å²) in [5.74, 6) is -0.396. The van der Waals surface area contributed by atoms with Gasteiger partial charge in [-0.15, -0.1) is 0 Å². The first kappa shape index (κ1) is 24.2. The van der Waals surface area contributed by atoms with Crippen molar-refractivity contribution in [3.05, 3.63) is 98.6 Å². The van der Waals surface area contributed by atoms with Gasteiger partial charge >= 0.3 is 0 Å². The Morgan fingerprint density at radius 3 is 2.20 bits per heavy atom. The number of amides is 2. The molecule has 0 radical (unpaired) electrons. The second-order valence-electron chi connectivity index (χ2n) is 8.25. The van der Waals surface area contributed by atoms with E-state index in [1.54, 1.807) is 12.1 Å². The van der Waals surface area contributed by atoms with Crippen LogP contribution in [0.5, 0.6) is 0 Å². The maximum Gasteiger partial charge on any atom is 0.270 e. The highest BCUT2D eigenvalue weighted by atomic mass is 35.5. The van der Waals surface area contributed by atoms with Crippen LogP contribution < -0.4 is 10.2 Å². The number of hydrogen-bond acceptors (Lipinski definition) is 5. The van der Waals surface area contributed by atoms with E-state index in [2.05, 4.69) is 17.1 Å². The molecule has 8 nitrogen and oxygen atoms in total. The van der Waals surface area contributed by atoms with Crippen LogP contribution in [0, 0.1) is 10.1 Å². The number of nitro benzene ring substituents is 1. The summed E-state index contributed by atoms with van der Waals surface area (Å²) in [6.07, 6.45) is 0.945. The maximum absolute atomic E-state index is 12.8. The predicted octanol–water partition coefficient (Wildman–Crippen LogP) is 5.03. The van der Waals surface area contributed by atoms with Crippen LogP contribution in [0.25, 0.3) is 0 Å². The van der Waals surface area contributed by atoms with Gasteiger partial charge in [-0.05, 0) is 54.4 Å². The van der Waals surface area contributed by atoms with Gasteiger partial charge in [-0.1, -0.05) is 30.7 Å². The minimum atomic E-state index is -0.564. The lowest BCUT2D eigenvalue weighted by atomic mass is 10.1. The summed E-state index contributed by atoms with van der Waals surface area (Å²) in [6.45, 7) is 4.77. The minimum Gasteiger partial charge on any atom is -0.368 e. The molecule has 35 heavy (non-hydrogen) atoms. The molecule has 0 aliphatic carbocycles. The lowest BCUT2D eigenvalue weighted by molar-refractivity contribution is -0.384. The number of nitro groups is 1. The van der Waals surface area contributed by atoms with E-state index in [0.29, 0.717) is 37.4 Å². The number of halogens is 1. The normalized spacial score (nSPS) is 13.4. The van der Waals surface area contributed by atoms with E-state index in [9.17, 15) is 19.7 Å². The second kappa shape index (κ2) is 10.6. The van der Waals surface area contributed by atoms with Gasteiger partial charge in [0, 0.05) is 55.2 Å². The molecule has 0 spiro atoms. The third-order valence-electron chi connectivity index (χ3n) is 6.07. The largest absolute Gasteiger partial charge is 0.368 e. The van der Waals surface area contributed by atoms with E-state index in [1.165, 1.54) is 17.7 Å². The number of carbonyl (C=O) groups excluding carboxylic acids is 2. The number of piperazine rings is 1. The fourth-order valence-corrected chi connectivity index (χ4v) is 4.25. The number of benzene rings is 3. The van der Waals surface area contributed by atoms with Crippen LogP contribution >= 0.6 is 11.6 Å². The molecule has 3 aromatic carbocycles. The summed E-state index contributed by atoms with van der Waals surface area (Å²) < 4.78 is 0. The molecule has 9 heteroatoms. The average molecular weight is 493 g/mol. The van der Waals surface area contributed by atoms with Gasteiger partial charge in [0.1, 0.15) is 0 Å². The minimum absolute atomic E-state index is 0.0158. The highest BCUT2D eigenvalue weighted by Crippen LogP contribution is 2.25. The number of aryl methyl sites for hydroxylation is 1. The number of anilines is 2. The average Bonchev–Trinajstić information content (AvgIpc) is 2.88. The third-order valence-corrected chi connectivity index (χ3v) is 6.39. The lowest BCUT2D eigenvalue weighted by Crippen LogP contribution is -2.48. The molecule has 0 aromatic heterocycles. The molecule has 1 N–H and O–H groups in total. The molecule has 1 fully saturated rings. The van der Waals surface area contributed by atoms with Crippen LogP contribution in [-0.4, -0.2) is 47.8 Å². The Bertz CT molecular complexity index is 1240. The van der Waals surface area contributed by atoms with Gasteiger partial charge in [-0.2, -0.15) is 0 Å². The first-order chi connectivity index (χ1) is 16.9. The van der Waals surface area contributed by atoms with Crippen LogP contribution in [0.4, 0.5) is 17.1 Å². The maximum atomic E-state index is 12.8. The van der Waals surface area contributed by atoms with Crippen LogP contribution in [0.2, 0.25) is 5.02 Å². The molecule has 3 aromatic rings. The van der Waals surface area contributed by atoms with Gasteiger partial charge in [0.25, 0.3) is 17.5 Å². The standard InChI is InChI=1S/C26H25ClN4O4/c1-2-18-3-5-19(6-4-18)26(33)30-15-13-29(14-16-30)21-9-7-20(8-10-21)28-25(32)23-12-11-22(31(34)35)17-24(23)27/h3-12,17H,2,13-16H2,1H3,(H,28,32). The smallest absolute Gasteiger partial charge is 0.270 e. The zero-order valence-corrected chi connectivity index (χ0v) is 20.0. The van der Waals surface area contributed by atoms with Crippen molar-refractivity contribution in [1.29, 1.82) is 0 Å².